The van der Waals surface area contributed by atoms with E-state index in [0.717, 1.165) is 32.9 Å². The van der Waals surface area contributed by atoms with E-state index in [-0.39, 0.29) is 18.9 Å². The molecule has 30 heavy (non-hydrogen) atoms. The lowest BCUT2D eigenvalue weighted by Crippen LogP contribution is -2.37. The monoisotopic (exact) mass is 409 g/mol. The summed E-state index contributed by atoms with van der Waals surface area (Å²) >= 11 is 0. The number of methoxy groups -OCH3 is 3. The Hall–Kier alpha value is -3.48. The Balaban J connectivity index is 1.95. The zero-order chi connectivity index (χ0) is 21.4. The quantitative estimate of drug-likeness (QED) is 0.626. The van der Waals surface area contributed by atoms with Gasteiger partial charge < -0.3 is 24.2 Å². The van der Waals surface area contributed by atoms with Crippen molar-refractivity contribution in [1.82, 2.24) is 4.90 Å². The highest BCUT2D eigenvalue weighted by atomic mass is 16.5. The maximum atomic E-state index is 12.4. The molecule has 1 heterocycles. The van der Waals surface area contributed by atoms with Crippen LogP contribution in [0.5, 0.6) is 17.2 Å². The number of carbonyl (C=O) groups excluding carboxylic acids is 1. The molecule has 0 saturated carbocycles. The van der Waals surface area contributed by atoms with E-state index in [4.69, 9.17) is 14.2 Å². The minimum Gasteiger partial charge on any atom is -0.497 e. The van der Waals surface area contributed by atoms with Crippen molar-refractivity contribution < 1.29 is 28.9 Å². The van der Waals surface area contributed by atoms with Gasteiger partial charge >= 0.3 is 5.97 Å². The van der Waals surface area contributed by atoms with Gasteiger partial charge in [-0.3, -0.25) is 4.79 Å². The van der Waals surface area contributed by atoms with E-state index in [1.807, 2.05) is 36.4 Å². The molecule has 7 heteroatoms. The Labute approximate surface area is 173 Å². The minimum absolute atomic E-state index is 0.147. The normalized spacial score (nSPS) is 16.3. The van der Waals surface area contributed by atoms with E-state index in [9.17, 15) is 14.7 Å². The van der Waals surface area contributed by atoms with Gasteiger partial charge in [0.25, 0.3) is 0 Å². The summed E-state index contributed by atoms with van der Waals surface area (Å²) in [5.41, 5.74) is 0.852. The van der Waals surface area contributed by atoms with Crippen molar-refractivity contribution in [3.8, 4) is 17.2 Å². The lowest BCUT2D eigenvalue weighted by molar-refractivity contribution is -0.146. The predicted molar refractivity (Wildman–Crippen MR) is 112 cm³/mol. The van der Waals surface area contributed by atoms with Crippen LogP contribution in [0.2, 0.25) is 0 Å². The number of hydrogen-bond donors (Lipinski definition) is 1. The Morgan fingerprint density at radius 1 is 1.00 bits per heavy atom. The Bertz CT molecular complexity index is 1160. The van der Waals surface area contributed by atoms with Gasteiger partial charge in [0.05, 0.1) is 21.3 Å². The molecule has 1 fully saturated rings. The third-order valence-corrected chi connectivity index (χ3v) is 5.70. The Morgan fingerprint density at radius 2 is 1.70 bits per heavy atom. The SMILES string of the molecule is COc1ccc2cc(CN3C(=O)CC[C@H]3C(=O)O)c3cc(OC)c(OC)cc3c2c1. The van der Waals surface area contributed by atoms with Gasteiger partial charge in [0.1, 0.15) is 11.8 Å². The molecule has 1 aliphatic rings. The average Bonchev–Trinajstić information content (AvgIpc) is 3.12. The summed E-state index contributed by atoms with van der Waals surface area (Å²) in [5, 5.41) is 13.2. The first-order valence-electron chi connectivity index (χ1n) is 9.64. The first kappa shape index (κ1) is 19.8. The molecule has 4 rings (SSSR count). The van der Waals surface area contributed by atoms with Gasteiger partial charge in [0.2, 0.25) is 5.91 Å². The third kappa shape index (κ3) is 3.26. The molecule has 0 unspecified atom stereocenters. The van der Waals surface area contributed by atoms with Crippen molar-refractivity contribution in [3.63, 3.8) is 0 Å². The number of ether oxygens (including phenoxy) is 3. The fraction of sp³-hybridized carbons (Fsp3) is 0.304. The van der Waals surface area contributed by atoms with Crippen molar-refractivity contribution in [3.05, 3.63) is 42.0 Å². The molecular formula is C23H23NO6. The Kier molecular flexibility index (Phi) is 5.11. The van der Waals surface area contributed by atoms with Gasteiger partial charge in [-0.15, -0.1) is 0 Å². The number of aliphatic carboxylic acids is 1. The molecule has 0 bridgehead atoms. The minimum atomic E-state index is -0.977. The summed E-state index contributed by atoms with van der Waals surface area (Å²) in [5.74, 6) is 0.760. The number of fused-ring (bicyclic) bond motifs is 3. The molecule has 1 saturated heterocycles. The predicted octanol–water partition coefficient (Wildman–Crippen LogP) is 3.59. The van der Waals surface area contributed by atoms with Crippen LogP contribution in [0.15, 0.2) is 36.4 Å². The largest absolute Gasteiger partial charge is 0.497 e. The van der Waals surface area contributed by atoms with E-state index in [2.05, 4.69) is 0 Å². The second-order valence-electron chi connectivity index (χ2n) is 7.29. The molecule has 1 aliphatic heterocycles. The molecule has 1 atom stereocenters. The van der Waals surface area contributed by atoms with Crippen LogP contribution in [0.4, 0.5) is 0 Å². The lowest BCUT2D eigenvalue weighted by Gasteiger charge is -2.23. The first-order valence-corrected chi connectivity index (χ1v) is 9.64. The lowest BCUT2D eigenvalue weighted by atomic mass is 9.96. The highest BCUT2D eigenvalue weighted by molar-refractivity contribution is 6.10. The van der Waals surface area contributed by atoms with Gasteiger partial charge in [-0.25, -0.2) is 4.79 Å². The molecular weight excluding hydrogens is 386 g/mol. The molecule has 0 radical (unpaired) electrons. The highest BCUT2D eigenvalue weighted by Gasteiger charge is 2.36. The van der Waals surface area contributed by atoms with Gasteiger partial charge in [-0.2, -0.15) is 0 Å². The van der Waals surface area contributed by atoms with E-state index in [1.54, 1.807) is 21.3 Å². The van der Waals surface area contributed by atoms with Crippen LogP contribution in [-0.2, 0) is 16.1 Å². The van der Waals surface area contributed by atoms with Crippen molar-refractivity contribution >= 4 is 33.4 Å². The average molecular weight is 409 g/mol. The van der Waals surface area contributed by atoms with Crippen LogP contribution < -0.4 is 14.2 Å². The molecule has 0 spiro atoms. The van der Waals surface area contributed by atoms with Gasteiger partial charge in [-0.1, -0.05) is 6.07 Å². The number of carbonyl (C=O) groups is 2. The molecule has 1 amide bonds. The maximum absolute atomic E-state index is 12.4. The fourth-order valence-electron chi connectivity index (χ4n) is 4.16. The van der Waals surface area contributed by atoms with Crippen molar-refractivity contribution in [1.29, 1.82) is 0 Å². The van der Waals surface area contributed by atoms with Gasteiger partial charge in [-0.05, 0) is 63.9 Å². The van der Waals surface area contributed by atoms with Gasteiger partial charge in [0, 0.05) is 13.0 Å². The summed E-state index contributed by atoms with van der Waals surface area (Å²) in [6.45, 7) is 0.212. The number of rotatable bonds is 6. The molecule has 0 aliphatic carbocycles. The van der Waals surface area contributed by atoms with E-state index >= 15 is 0 Å². The second kappa shape index (κ2) is 7.74. The van der Waals surface area contributed by atoms with E-state index in [1.165, 1.54) is 4.90 Å². The van der Waals surface area contributed by atoms with E-state index < -0.39 is 12.0 Å². The molecule has 1 N–H and O–H groups in total. The number of likely N-dealkylation sites (tertiary alicyclic amines) is 1. The second-order valence-corrected chi connectivity index (χ2v) is 7.29. The van der Waals surface area contributed by atoms with Crippen LogP contribution in [-0.4, -0.2) is 49.3 Å². The molecule has 3 aromatic carbocycles. The summed E-state index contributed by atoms with van der Waals surface area (Å²) in [7, 11) is 4.76. The smallest absolute Gasteiger partial charge is 0.326 e. The fourth-order valence-corrected chi connectivity index (χ4v) is 4.16. The number of amides is 1. The standard InChI is InChI=1S/C23H23NO6/c1-28-15-5-4-13-8-14(12-24-19(23(26)27)6-7-22(24)25)17-10-20(29-2)21(30-3)11-18(17)16(13)9-15/h4-5,8-11,19H,6-7,12H2,1-3H3,(H,26,27)/t19-/m0/s1. The third-order valence-electron chi connectivity index (χ3n) is 5.70. The number of hydrogen-bond acceptors (Lipinski definition) is 5. The highest BCUT2D eigenvalue weighted by Crippen LogP contribution is 2.39. The van der Waals surface area contributed by atoms with Gasteiger partial charge in [0.15, 0.2) is 11.5 Å². The molecule has 0 aromatic heterocycles. The number of carboxylic acid groups (broad SMARTS) is 1. The van der Waals surface area contributed by atoms with Crippen molar-refractivity contribution in [2.24, 2.45) is 0 Å². The van der Waals surface area contributed by atoms with Crippen LogP contribution in [0, 0.1) is 0 Å². The zero-order valence-corrected chi connectivity index (χ0v) is 17.1. The summed E-state index contributed by atoms with van der Waals surface area (Å²) in [4.78, 5) is 25.5. The number of carboxylic acids is 1. The summed E-state index contributed by atoms with van der Waals surface area (Å²) in [6.07, 6.45) is 0.574. The van der Waals surface area contributed by atoms with Crippen molar-refractivity contribution in [2.75, 3.05) is 21.3 Å². The topological polar surface area (TPSA) is 85.3 Å². The summed E-state index contributed by atoms with van der Waals surface area (Å²) in [6, 6.07) is 10.7. The van der Waals surface area contributed by atoms with E-state index in [0.29, 0.717) is 17.9 Å². The van der Waals surface area contributed by atoms with Crippen LogP contribution in [0.3, 0.4) is 0 Å². The van der Waals surface area contributed by atoms with Crippen LogP contribution in [0.25, 0.3) is 21.5 Å². The zero-order valence-electron chi connectivity index (χ0n) is 17.1. The molecule has 7 nitrogen and oxygen atoms in total. The number of benzene rings is 3. The summed E-state index contributed by atoms with van der Waals surface area (Å²) < 4.78 is 16.4. The molecule has 156 valence electrons. The van der Waals surface area contributed by atoms with Crippen LogP contribution in [0.1, 0.15) is 18.4 Å². The first-order chi connectivity index (χ1) is 14.5. The Morgan fingerprint density at radius 3 is 2.33 bits per heavy atom. The van der Waals surface area contributed by atoms with Crippen molar-refractivity contribution in [2.45, 2.75) is 25.4 Å². The maximum Gasteiger partial charge on any atom is 0.326 e. The van der Waals surface area contributed by atoms with Crippen LogP contribution >= 0.6 is 0 Å². The number of nitrogens with zero attached hydrogens (tertiary/aromatic N) is 1. The molecule has 3 aromatic rings.